The zero-order valence-electron chi connectivity index (χ0n) is 15.4. The molecule has 1 aliphatic rings. The molecule has 0 aliphatic carbocycles. The Labute approximate surface area is 166 Å². The number of rotatable bonds is 5. The molecule has 28 heavy (non-hydrogen) atoms. The van der Waals surface area contributed by atoms with Gasteiger partial charge in [0.2, 0.25) is 11.8 Å². The Kier molecular flexibility index (Phi) is 5.36. The first-order valence-electron chi connectivity index (χ1n) is 9.02. The third kappa shape index (κ3) is 4.37. The number of nitrogen functional groups attached to an aromatic ring is 1. The van der Waals surface area contributed by atoms with Gasteiger partial charge < -0.3 is 21.1 Å². The highest BCUT2D eigenvalue weighted by Gasteiger charge is 2.22. The summed E-state index contributed by atoms with van der Waals surface area (Å²) >= 11 is 1.49. The lowest BCUT2D eigenvalue weighted by atomic mass is 10.1. The van der Waals surface area contributed by atoms with Gasteiger partial charge in [0.15, 0.2) is 0 Å². The van der Waals surface area contributed by atoms with Crippen molar-refractivity contribution in [1.82, 2.24) is 20.3 Å². The largest absolute Gasteiger partial charge is 0.437 e. The van der Waals surface area contributed by atoms with E-state index < -0.39 is 6.17 Å². The second-order valence-corrected chi connectivity index (χ2v) is 7.84. The molecule has 0 bridgehead atoms. The van der Waals surface area contributed by atoms with Crippen LogP contribution >= 0.6 is 11.3 Å². The minimum Gasteiger partial charge on any atom is -0.437 e. The summed E-state index contributed by atoms with van der Waals surface area (Å²) in [7, 11) is 0. The molecule has 0 spiro atoms. The predicted octanol–water partition coefficient (Wildman–Crippen LogP) is 3.39. The molecule has 1 aliphatic heterocycles. The molecular formula is C19H21FN6OS. The predicted molar refractivity (Wildman–Crippen MR) is 109 cm³/mol. The van der Waals surface area contributed by atoms with E-state index in [-0.39, 0.29) is 6.04 Å². The molecule has 0 unspecified atom stereocenters. The first kappa shape index (κ1) is 18.6. The maximum atomic E-state index is 13.6. The minimum atomic E-state index is -0.863. The van der Waals surface area contributed by atoms with Crippen molar-refractivity contribution in [1.29, 1.82) is 0 Å². The second kappa shape index (κ2) is 8.07. The average Bonchev–Trinajstić information content (AvgIpc) is 3.04. The van der Waals surface area contributed by atoms with Crippen LogP contribution in [0.2, 0.25) is 0 Å². The van der Waals surface area contributed by atoms with Crippen LogP contribution in [0.15, 0.2) is 36.5 Å². The number of benzene rings is 1. The van der Waals surface area contributed by atoms with Gasteiger partial charge in [-0.25, -0.2) is 19.3 Å². The quantitative estimate of drug-likeness (QED) is 0.565. The van der Waals surface area contributed by atoms with Gasteiger partial charge in [0.25, 0.3) is 0 Å². The Morgan fingerprint density at radius 3 is 2.82 bits per heavy atom. The summed E-state index contributed by atoms with van der Waals surface area (Å²) in [5.41, 5.74) is 7.10. The highest BCUT2D eigenvalue weighted by atomic mass is 32.1. The molecule has 2 aromatic heterocycles. The van der Waals surface area contributed by atoms with E-state index in [1.807, 2.05) is 13.0 Å². The summed E-state index contributed by atoms with van der Waals surface area (Å²) < 4.78 is 19.5. The number of anilines is 2. The standard InChI is InChI=1S/C19H21FN6OS/c1-11-24-18(27-15-4-2-13(21)3-5-15)17(28-11)16-6-7-23-19(26-16)25-14-8-12(20)9-22-10-14/h2-7,12,14,22H,8-10,21H2,1H3,(H,23,25,26)/t12-,14-/m0/s1. The van der Waals surface area contributed by atoms with Crippen molar-refractivity contribution in [2.75, 3.05) is 24.1 Å². The topological polar surface area (TPSA) is 98.0 Å². The maximum absolute atomic E-state index is 13.6. The summed E-state index contributed by atoms with van der Waals surface area (Å²) in [6, 6.07) is 8.90. The van der Waals surface area contributed by atoms with Crippen LogP contribution < -0.4 is 21.1 Å². The van der Waals surface area contributed by atoms with Crippen LogP contribution in [-0.2, 0) is 0 Å². The van der Waals surface area contributed by atoms with Crippen LogP contribution in [0, 0.1) is 6.92 Å². The number of thiazole rings is 1. The van der Waals surface area contributed by atoms with Crippen LogP contribution in [0.5, 0.6) is 11.6 Å². The summed E-state index contributed by atoms with van der Waals surface area (Å²) in [6.07, 6.45) is 1.25. The molecule has 4 rings (SSSR count). The van der Waals surface area contributed by atoms with E-state index in [0.717, 1.165) is 9.88 Å². The van der Waals surface area contributed by atoms with E-state index >= 15 is 0 Å². The number of nitrogens with zero attached hydrogens (tertiary/aromatic N) is 3. The van der Waals surface area contributed by atoms with Crippen molar-refractivity contribution < 1.29 is 9.13 Å². The van der Waals surface area contributed by atoms with E-state index in [0.29, 0.717) is 48.5 Å². The maximum Gasteiger partial charge on any atom is 0.240 e. The van der Waals surface area contributed by atoms with Gasteiger partial charge in [-0.05, 0) is 37.3 Å². The number of halogens is 1. The molecule has 0 radical (unpaired) electrons. The number of alkyl halides is 1. The van der Waals surface area contributed by atoms with Crippen molar-refractivity contribution in [2.24, 2.45) is 0 Å². The van der Waals surface area contributed by atoms with Crippen LogP contribution in [0.3, 0.4) is 0 Å². The fraction of sp³-hybridized carbons (Fsp3) is 0.316. The SMILES string of the molecule is Cc1nc(Oc2ccc(N)cc2)c(-c2ccnc(N[C@@H]3CNC[C@@H](F)C3)n2)s1. The fourth-order valence-corrected chi connectivity index (χ4v) is 3.84. The lowest BCUT2D eigenvalue weighted by Crippen LogP contribution is -2.44. The molecule has 9 heteroatoms. The highest BCUT2D eigenvalue weighted by Crippen LogP contribution is 2.37. The lowest BCUT2D eigenvalue weighted by molar-refractivity contribution is 0.254. The van der Waals surface area contributed by atoms with Gasteiger partial charge in [0.05, 0.1) is 10.7 Å². The van der Waals surface area contributed by atoms with Gasteiger partial charge in [-0.15, -0.1) is 11.3 Å². The number of aryl methyl sites for hydroxylation is 1. The number of nitrogens with one attached hydrogen (secondary N) is 2. The third-order valence-electron chi connectivity index (χ3n) is 4.32. The van der Waals surface area contributed by atoms with Crippen LogP contribution in [0.25, 0.3) is 10.6 Å². The van der Waals surface area contributed by atoms with E-state index in [1.165, 1.54) is 11.3 Å². The molecule has 3 heterocycles. The molecule has 0 saturated carbocycles. The Morgan fingerprint density at radius 2 is 2.04 bits per heavy atom. The van der Waals surface area contributed by atoms with Crippen molar-refractivity contribution in [3.8, 4) is 22.2 Å². The Hall–Kier alpha value is -2.78. The monoisotopic (exact) mass is 400 g/mol. The lowest BCUT2D eigenvalue weighted by Gasteiger charge is -2.26. The van der Waals surface area contributed by atoms with Gasteiger partial charge in [-0.2, -0.15) is 0 Å². The van der Waals surface area contributed by atoms with Gasteiger partial charge >= 0.3 is 0 Å². The van der Waals surface area contributed by atoms with Crippen molar-refractivity contribution >= 4 is 23.0 Å². The summed E-state index contributed by atoms with van der Waals surface area (Å²) in [5, 5.41) is 7.14. The number of nitrogens with two attached hydrogens (primary N) is 1. The minimum absolute atomic E-state index is 0.0484. The van der Waals surface area contributed by atoms with E-state index in [4.69, 9.17) is 10.5 Å². The molecule has 1 saturated heterocycles. The molecule has 7 nitrogen and oxygen atoms in total. The first-order valence-corrected chi connectivity index (χ1v) is 9.84. The number of hydrogen-bond acceptors (Lipinski definition) is 8. The summed E-state index contributed by atoms with van der Waals surface area (Å²) in [4.78, 5) is 14.2. The molecule has 2 atom stereocenters. The fourth-order valence-electron chi connectivity index (χ4n) is 3.02. The van der Waals surface area contributed by atoms with E-state index in [1.54, 1.807) is 30.5 Å². The van der Waals surface area contributed by atoms with Crippen molar-refractivity contribution in [2.45, 2.75) is 25.6 Å². The molecule has 1 aromatic carbocycles. The van der Waals surface area contributed by atoms with Gasteiger partial charge in [0, 0.05) is 37.4 Å². The van der Waals surface area contributed by atoms with Gasteiger partial charge in [-0.3, -0.25) is 0 Å². The Balaban J connectivity index is 1.56. The van der Waals surface area contributed by atoms with Crippen LogP contribution in [0.4, 0.5) is 16.0 Å². The van der Waals surface area contributed by atoms with Crippen molar-refractivity contribution in [3.05, 3.63) is 41.5 Å². The van der Waals surface area contributed by atoms with E-state index in [9.17, 15) is 4.39 Å². The van der Waals surface area contributed by atoms with Crippen LogP contribution in [-0.4, -0.2) is 40.3 Å². The Bertz CT molecular complexity index is 948. The molecule has 146 valence electrons. The summed E-state index contributed by atoms with van der Waals surface area (Å²) in [6.45, 7) is 2.99. The van der Waals surface area contributed by atoms with Gasteiger partial charge in [-0.1, -0.05) is 0 Å². The molecular weight excluding hydrogens is 379 g/mol. The second-order valence-electron chi connectivity index (χ2n) is 6.64. The van der Waals surface area contributed by atoms with Gasteiger partial charge in [0.1, 0.15) is 16.8 Å². The molecule has 3 aromatic rings. The zero-order valence-corrected chi connectivity index (χ0v) is 16.2. The highest BCUT2D eigenvalue weighted by molar-refractivity contribution is 7.15. The number of aromatic nitrogens is 3. The van der Waals surface area contributed by atoms with E-state index in [2.05, 4.69) is 25.6 Å². The third-order valence-corrected chi connectivity index (χ3v) is 5.29. The number of piperidine rings is 1. The molecule has 4 N–H and O–H groups in total. The number of hydrogen-bond donors (Lipinski definition) is 3. The first-order chi connectivity index (χ1) is 13.6. The Morgan fingerprint density at radius 1 is 1.21 bits per heavy atom. The average molecular weight is 400 g/mol. The van der Waals surface area contributed by atoms with Crippen molar-refractivity contribution in [3.63, 3.8) is 0 Å². The molecule has 1 fully saturated rings. The normalized spacial score (nSPS) is 19.4. The molecule has 0 amide bonds. The zero-order chi connectivity index (χ0) is 19.5. The van der Waals surface area contributed by atoms with Crippen LogP contribution in [0.1, 0.15) is 11.4 Å². The number of ether oxygens (including phenoxy) is 1. The summed E-state index contributed by atoms with van der Waals surface area (Å²) in [5.74, 6) is 1.60. The smallest absolute Gasteiger partial charge is 0.240 e.